The van der Waals surface area contributed by atoms with Crippen LogP contribution >= 0.6 is 0 Å². The van der Waals surface area contributed by atoms with Gasteiger partial charge in [0.05, 0.1) is 30.3 Å². The average Bonchev–Trinajstić information content (AvgIpc) is 3.36. The Balaban J connectivity index is 1.15. The zero-order valence-corrected chi connectivity index (χ0v) is 26.3. The summed E-state index contributed by atoms with van der Waals surface area (Å²) in [5.74, 6) is -11.7. The van der Waals surface area contributed by atoms with Crippen molar-refractivity contribution in [3.63, 3.8) is 0 Å². The van der Waals surface area contributed by atoms with Gasteiger partial charge in [-0.1, -0.05) is 67.6 Å². The second-order valence-electron chi connectivity index (χ2n) is 13.6. The molecule has 8 unspecified atom stereocenters. The number of ketones is 5. The van der Waals surface area contributed by atoms with Gasteiger partial charge in [0.25, 0.3) is 0 Å². The van der Waals surface area contributed by atoms with E-state index in [0.29, 0.717) is 17.7 Å². The molecule has 0 radical (unpaired) electrons. The van der Waals surface area contributed by atoms with Crippen LogP contribution in [0.4, 0.5) is 0 Å². The molecule has 9 heteroatoms. The molecule has 9 nitrogen and oxygen atoms in total. The van der Waals surface area contributed by atoms with Crippen LogP contribution in [-0.2, 0) is 30.3 Å². The molecule has 3 aromatic rings. The number of carbonyl (C=O) groups excluding carboxylic acids is 5. The first kappa shape index (κ1) is 31.3. The van der Waals surface area contributed by atoms with Gasteiger partial charge in [-0.25, -0.2) is 0 Å². The number of phenolic OH excluding ortho intramolecular Hbond substituents is 1. The maximum Gasteiger partial charge on any atom is 0.190 e. The Hall–Kier alpha value is -4.31. The maximum absolute atomic E-state index is 14.1. The number of aliphatic hydroxyl groups excluding tert-OH is 1. The van der Waals surface area contributed by atoms with E-state index >= 15 is 0 Å². The zero-order chi connectivity index (χ0) is 33.5. The molecule has 3 N–H and O–H groups in total. The van der Waals surface area contributed by atoms with Crippen molar-refractivity contribution in [2.45, 2.75) is 63.3 Å². The third kappa shape index (κ3) is 4.43. The van der Waals surface area contributed by atoms with Crippen LogP contribution in [0.3, 0.4) is 0 Å². The Morgan fingerprint density at radius 3 is 2.17 bits per heavy atom. The molecule has 0 heterocycles. The third-order valence-corrected chi connectivity index (χ3v) is 11.1. The highest BCUT2D eigenvalue weighted by Crippen LogP contribution is 2.54. The van der Waals surface area contributed by atoms with Gasteiger partial charge in [0, 0.05) is 30.6 Å². The molecular formula is C38H36O9. The van der Waals surface area contributed by atoms with Crippen molar-refractivity contribution in [1.82, 2.24) is 0 Å². The van der Waals surface area contributed by atoms with Crippen molar-refractivity contribution in [2.75, 3.05) is 6.61 Å². The molecule has 4 aliphatic rings. The topological polar surface area (TPSA) is 155 Å². The van der Waals surface area contributed by atoms with Gasteiger partial charge >= 0.3 is 0 Å². The first-order valence-corrected chi connectivity index (χ1v) is 16.1. The minimum absolute atomic E-state index is 0.0418. The Kier molecular flexibility index (Phi) is 7.42. The summed E-state index contributed by atoms with van der Waals surface area (Å²) in [6.45, 7) is 5.02. The number of fused-ring (bicyclic) bond motifs is 6. The van der Waals surface area contributed by atoms with E-state index < -0.39 is 76.6 Å². The summed E-state index contributed by atoms with van der Waals surface area (Å²) in [5.41, 5.74) is 2.63. The van der Waals surface area contributed by atoms with Crippen LogP contribution in [0.5, 0.6) is 5.75 Å². The van der Waals surface area contributed by atoms with Crippen LogP contribution in [-0.4, -0.2) is 68.7 Å². The Bertz CT molecular complexity index is 1830. The van der Waals surface area contributed by atoms with E-state index in [-0.39, 0.29) is 29.8 Å². The Morgan fingerprint density at radius 2 is 1.55 bits per heavy atom. The lowest BCUT2D eigenvalue weighted by Crippen LogP contribution is -2.72. The number of hydrogen-bond acceptors (Lipinski definition) is 9. The van der Waals surface area contributed by atoms with E-state index in [0.717, 1.165) is 6.92 Å². The number of hydrogen-bond donors (Lipinski definition) is 3. The molecule has 2 fully saturated rings. The number of rotatable bonds is 6. The number of Topliss-reactive ketones (excluding diaryl/α,β-unsaturated/α-hetero) is 5. The molecule has 0 saturated heterocycles. The molecule has 3 aromatic carbocycles. The minimum atomic E-state index is -2.87. The fourth-order valence-corrected chi connectivity index (χ4v) is 8.75. The third-order valence-electron chi connectivity index (χ3n) is 11.1. The lowest BCUT2D eigenvalue weighted by Gasteiger charge is -2.53. The fourth-order valence-electron chi connectivity index (χ4n) is 8.75. The van der Waals surface area contributed by atoms with Crippen LogP contribution in [0.1, 0.15) is 71.6 Å². The number of phenols is 1. The second-order valence-corrected chi connectivity index (χ2v) is 13.6. The molecule has 8 atom stereocenters. The normalized spacial score (nSPS) is 30.2. The minimum Gasteiger partial charge on any atom is -0.507 e. The van der Waals surface area contributed by atoms with Crippen molar-refractivity contribution in [1.29, 1.82) is 0 Å². The number of ether oxygens (including phenoxy) is 1. The van der Waals surface area contributed by atoms with Gasteiger partial charge in [-0.05, 0) is 53.1 Å². The number of aliphatic hydroxyl groups is 2. The van der Waals surface area contributed by atoms with Crippen molar-refractivity contribution < 1.29 is 44.0 Å². The quantitative estimate of drug-likeness (QED) is 0.343. The molecule has 7 rings (SSSR count). The number of benzene rings is 3. The zero-order valence-electron chi connectivity index (χ0n) is 26.3. The predicted octanol–water partition coefficient (Wildman–Crippen LogP) is 3.72. The smallest absolute Gasteiger partial charge is 0.190 e. The molecule has 0 aliphatic heterocycles. The lowest BCUT2D eigenvalue weighted by atomic mass is 9.50. The summed E-state index contributed by atoms with van der Waals surface area (Å²) in [6, 6.07) is 19.9. The van der Waals surface area contributed by atoms with Crippen molar-refractivity contribution in [3.8, 4) is 16.9 Å². The van der Waals surface area contributed by atoms with Crippen LogP contribution in [0.15, 0.2) is 60.7 Å². The predicted molar refractivity (Wildman–Crippen MR) is 169 cm³/mol. The summed E-state index contributed by atoms with van der Waals surface area (Å²) in [5, 5.41) is 34.5. The highest BCUT2D eigenvalue weighted by atomic mass is 16.5. The lowest BCUT2D eigenvalue weighted by molar-refractivity contribution is -0.189. The van der Waals surface area contributed by atoms with Crippen LogP contribution in [0, 0.1) is 23.7 Å². The van der Waals surface area contributed by atoms with Gasteiger partial charge in [0.1, 0.15) is 17.5 Å². The standard InChI is InChI=1S/C38H36O9/c1-17(47-16-26-24-10-6-4-8-22(24)23-9-5-7-11-25(23)26)14-20-12-13-21-18(2)29-32(35(43)31(21)33(20)41)37(45)38(46)27(34(29)42)15-28(40)30(19(3)39)36(38)44/h4-13,17-18,26-27,29-30,32,34,41-42,46H,14-16H2,1-3H3. The van der Waals surface area contributed by atoms with Crippen LogP contribution < -0.4 is 0 Å². The highest BCUT2D eigenvalue weighted by molar-refractivity contribution is 6.31. The molecule has 0 spiro atoms. The van der Waals surface area contributed by atoms with Crippen molar-refractivity contribution >= 4 is 28.9 Å². The summed E-state index contributed by atoms with van der Waals surface area (Å²) in [6.07, 6.45) is -2.20. The van der Waals surface area contributed by atoms with Gasteiger partial charge in [-0.2, -0.15) is 0 Å². The summed E-state index contributed by atoms with van der Waals surface area (Å²) in [4.78, 5) is 66.2. The molecule has 0 aromatic heterocycles. The average molecular weight is 637 g/mol. The first-order valence-electron chi connectivity index (χ1n) is 16.1. The van der Waals surface area contributed by atoms with Crippen molar-refractivity contribution in [3.05, 3.63) is 88.5 Å². The molecule has 0 bridgehead atoms. The first-order chi connectivity index (χ1) is 22.4. The van der Waals surface area contributed by atoms with E-state index in [2.05, 4.69) is 24.3 Å². The summed E-state index contributed by atoms with van der Waals surface area (Å²) >= 11 is 0. The molecule has 4 aliphatic carbocycles. The van der Waals surface area contributed by atoms with Gasteiger partial charge in [0.2, 0.25) is 0 Å². The largest absolute Gasteiger partial charge is 0.507 e. The molecule has 2 saturated carbocycles. The Morgan fingerprint density at radius 1 is 0.936 bits per heavy atom. The van der Waals surface area contributed by atoms with Gasteiger partial charge in [-0.3, -0.25) is 24.0 Å². The molecular weight excluding hydrogens is 600 g/mol. The molecule has 0 amide bonds. The van der Waals surface area contributed by atoms with E-state index in [1.165, 1.54) is 22.3 Å². The van der Waals surface area contributed by atoms with Crippen LogP contribution in [0.2, 0.25) is 0 Å². The van der Waals surface area contributed by atoms with Crippen LogP contribution in [0.25, 0.3) is 11.1 Å². The summed E-state index contributed by atoms with van der Waals surface area (Å²) < 4.78 is 6.32. The Labute approximate surface area is 271 Å². The van der Waals surface area contributed by atoms with Gasteiger partial charge in [-0.15, -0.1) is 0 Å². The SMILES string of the molecule is CC(=O)C1C(=O)CC2C(O)C3C(C(=O)c4c(ccc(CC(C)OCC5c6ccccc6-c6ccccc65)c4O)C3C)C(=O)C2(O)C1=O. The second kappa shape index (κ2) is 11.1. The monoisotopic (exact) mass is 636 g/mol. The number of carbonyl (C=O) groups is 5. The van der Waals surface area contributed by atoms with E-state index in [4.69, 9.17) is 4.74 Å². The van der Waals surface area contributed by atoms with E-state index in [1.54, 1.807) is 19.1 Å². The maximum atomic E-state index is 14.1. The van der Waals surface area contributed by atoms with E-state index in [9.17, 15) is 39.3 Å². The van der Waals surface area contributed by atoms with Gasteiger partial charge < -0.3 is 20.1 Å². The fraction of sp³-hybridized carbons (Fsp3) is 0.395. The molecule has 242 valence electrons. The van der Waals surface area contributed by atoms with Gasteiger partial charge in [0.15, 0.2) is 28.7 Å². The summed E-state index contributed by atoms with van der Waals surface area (Å²) in [7, 11) is 0. The van der Waals surface area contributed by atoms with E-state index in [1.807, 2.05) is 31.2 Å². The molecule has 47 heavy (non-hydrogen) atoms. The number of aromatic hydroxyl groups is 1. The van der Waals surface area contributed by atoms with Crippen molar-refractivity contribution in [2.24, 2.45) is 23.7 Å². The highest BCUT2D eigenvalue weighted by Gasteiger charge is 2.69.